The van der Waals surface area contributed by atoms with Crippen LogP contribution in [0, 0.1) is 0 Å². The SMILES string of the molecule is O=C(CN1CCC[C@@H](O)C1)NCC1(N2CCOCC2)CCCCC1. The molecule has 0 aromatic rings. The summed E-state index contributed by atoms with van der Waals surface area (Å²) < 4.78 is 5.51. The highest BCUT2D eigenvalue weighted by Gasteiger charge is 2.38. The van der Waals surface area contributed by atoms with Crippen LogP contribution in [0.5, 0.6) is 0 Å². The normalized spacial score (nSPS) is 29.3. The van der Waals surface area contributed by atoms with Crippen LogP contribution < -0.4 is 5.32 Å². The van der Waals surface area contributed by atoms with Crippen molar-refractivity contribution in [3.63, 3.8) is 0 Å². The number of morpholine rings is 1. The highest BCUT2D eigenvalue weighted by atomic mass is 16.5. The van der Waals surface area contributed by atoms with E-state index in [2.05, 4.69) is 15.1 Å². The van der Waals surface area contributed by atoms with Gasteiger partial charge in [0.25, 0.3) is 0 Å². The standard InChI is InChI=1S/C18H33N3O3/c22-16-5-4-8-20(13-16)14-17(23)19-15-18(6-2-1-3-7-18)21-9-11-24-12-10-21/h16,22H,1-15H2,(H,19,23)/t16-/m1/s1. The van der Waals surface area contributed by atoms with E-state index in [-0.39, 0.29) is 17.6 Å². The Kier molecular flexibility index (Phi) is 6.49. The zero-order chi connectivity index (χ0) is 16.8. The van der Waals surface area contributed by atoms with E-state index in [4.69, 9.17) is 4.74 Å². The summed E-state index contributed by atoms with van der Waals surface area (Å²) in [6, 6.07) is 0. The molecule has 3 rings (SSSR count). The summed E-state index contributed by atoms with van der Waals surface area (Å²) in [7, 11) is 0. The van der Waals surface area contributed by atoms with Gasteiger partial charge in [-0.15, -0.1) is 0 Å². The second-order valence-corrected chi connectivity index (χ2v) is 7.69. The molecule has 1 aliphatic carbocycles. The van der Waals surface area contributed by atoms with E-state index in [1.54, 1.807) is 0 Å². The van der Waals surface area contributed by atoms with E-state index >= 15 is 0 Å². The van der Waals surface area contributed by atoms with Gasteiger partial charge in [-0.2, -0.15) is 0 Å². The van der Waals surface area contributed by atoms with Gasteiger partial charge >= 0.3 is 0 Å². The molecular weight excluding hydrogens is 306 g/mol. The lowest BCUT2D eigenvalue weighted by atomic mass is 9.79. The molecule has 0 unspecified atom stereocenters. The first-order chi connectivity index (χ1) is 11.7. The predicted molar refractivity (Wildman–Crippen MR) is 92.9 cm³/mol. The third-order valence-electron chi connectivity index (χ3n) is 5.93. The fourth-order valence-corrected chi connectivity index (χ4v) is 4.55. The summed E-state index contributed by atoms with van der Waals surface area (Å²) in [5, 5.41) is 13.0. The van der Waals surface area contributed by atoms with Crippen LogP contribution in [0.1, 0.15) is 44.9 Å². The van der Waals surface area contributed by atoms with E-state index in [1.807, 2.05) is 0 Å². The number of β-amino-alcohol motifs (C(OH)–C–C–N with tert-alkyl or cyclic N) is 1. The summed E-state index contributed by atoms with van der Waals surface area (Å²) in [5.41, 5.74) is 0.124. The number of rotatable bonds is 5. The zero-order valence-electron chi connectivity index (χ0n) is 14.8. The molecule has 1 atom stereocenters. The minimum atomic E-state index is -0.274. The molecule has 0 radical (unpaired) electrons. The van der Waals surface area contributed by atoms with Crippen LogP contribution in [-0.4, -0.2) is 84.9 Å². The molecular formula is C18H33N3O3. The number of amides is 1. The number of carbonyl (C=O) groups excluding carboxylic acids is 1. The maximum atomic E-state index is 12.4. The summed E-state index contributed by atoms with van der Waals surface area (Å²) in [6.07, 6.45) is 7.74. The maximum Gasteiger partial charge on any atom is 0.234 e. The van der Waals surface area contributed by atoms with E-state index in [1.165, 1.54) is 32.1 Å². The molecule has 3 aliphatic rings. The van der Waals surface area contributed by atoms with Gasteiger partial charge in [0, 0.05) is 31.7 Å². The van der Waals surface area contributed by atoms with Crippen LogP contribution in [0.4, 0.5) is 0 Å². The summed E-state index contributed by atoms with van der Waals surface area (Å²) in [4.78, 5) is 17.0. The number of hydrogen-bond donors (Lipinski definition) is 2. The number of aliphatic hydroxyl groups excluding tert-OH is 1. The third-order valence-corrected chi connectivity index (χ3v) is 5.93. The first kappa shape index (κ1) is 18.1. The number of ether oxygens (including phenoxy) is 1. The Hall–Kier alpha value is -0.690. The summed E-state index contributed by atoms with van der Waals surface area (Å²) in [5.74, 6) is 0.0994. The Morgan fingerprint density at radius 2 is 1.88 bits per heavy atom. The first-order valence-electron chi connectivity index (χ1n) is 9.68. The van der Waals surface area contributed by atoms with E-state index in [0.29, 0.717) is 13.1 Å². The van der Waals surface area contributed by atoms with Gasteiger partial charge < -0.3 is 15.2 Å². The molecule has 1 saturated carbocycles. The van der Waals surface area contributed by atoms with Crippen molar-refractivity contribution in [1.29, 1.82) is 0 Å². The molecule has 6 heteroatoms. The average molecular weight is 339 g/mol. The molecule has 2 aliphatic heterocycles. The Bertz CT molecular complexity index is 406. The number of piperidine rings is 1. The summed E-state index contributed by atoms with van der Waals surface area (Å²) in [6.45, 7) is 6.28. The smallest absolute Gasteiger partial charge is 0.234 e. The minimum absolute atomic E-state index is 0.0994. The lowest BCUT2D eigenvalue weighted by molar-refractivity contribution is -0.124. The van der Waals surface area contributed by atoms with Crippen LogP contribution in [0.3, 0.4) is 0 Å². The highest BCUT2D eigenvalue weighted by molar-refractivity contribution is 5.78. The van der Waals surface area contributed by atoms with Crippen LogP contribution in [-0.2, 0) is 9.53 Å². The van der Waals surface area contributed by atoms with Crippen molar-refractivity contribution in [3.05, 3.63) is 0 Å². The summed E-state index contributed by atoms with van der Waals surface area (Å²) >= 11 is 0. The molecule has 2 N–H and O–H groups in total. The molecule has 0 aromatic heterocycles. The van der Waals surface area contributed by atoms with Crippen molar-refractivity contribution in [2.75, 3.05) is 52.5 Å². The highest BCUT2D eigenvalue weighted by Crippen LogP contribution is 2.33. The van der Waals surface area contributed by atoms with Crippen molar-refractivity contribution < 1.29 is 14.6 Å². The van der Waals surface area contributed by atoms with E-state index in [0.717, 1.165) is 52.2 Å². The Morgan fingerprint density at radius 1 is 1.12 bits per heavy atom. The molecule has 24 heavy (non-hydrogen) atoms. The molecule has 6 nitrogen and oxygen atoms in total. The van der Waals surface area contributed by atoms with Crippen LogP contribution in [0.15, 0.2) is 0 Å². The largest absolute Gasteiger partial charge is 0.392 e. The van der Waals surface area contributed by atoms with Crippen LogP contribution in [0.25, 0.3) is 0 Å². The van der Waals surface area contributed by atoms with Gasteiger partial charge in [0.2, 0.25) is 5.91 Å². The zero-order valence-corrected chi connectivity index (χ0v) is 14.8. The molecule has 2 saturated heterocycles. The first-order valence-corrected chi connectivity index (χ1v) is 9.68. The second-order valence-electron chi connectivity index (χ2n) is 7.69. The maximum absolute atomic E-state index is 12.4. The van der Waals surface area contributed by atoms with E-state index in [9.17, 15) is 9.90 Å². The Labute approximate surface area is 145 Å². The molecule has 3 fully saturated rings. The second kappa shape index (κ2) is 8.61. The fraction of sp³-hybridized carbons (Fsp3) is 0.944. The number of likely N-dealkylation sites (tertiary alicyclic amines) is 1. The number of nitrogens with one attached hydrogen (secondary N) is 1. The van der Waals surface area contributed by atoms with Gasteiger partial charge in [0.05, 0.1) is 25.9 Å². The van der Waals surface area contributed by atoms with Crippen molar-refractivity contribution >= 4 is 5.91 Å². The van der Waals surface area contributed by atoms with Gasteiger partial charge in [-0.1, -0.05) is 19.3 Å². The molecule has 0 spiro atoms. The van der Waals surface area contributed by atoms with Crippen LogP contribution >= 0.6 is 0 Å². The fourth-order valence-electron chi connectivity index (χ4n) is 4.55. The molecule has 1 amide bonds. The monoisotopic (exact) mass is 339 g/mol. The van der Waals surface area contributed by atoms with Gasteiger partial charge in [-0.25, -0.2) is 0 Å². The van der Waals surface area contributed by atoms with Gasteiger partial charge in [0.15, 0.2) is 0 Å². The quantitative estimate of drug-likeness (QED) is 0.768. The third kappa shape index (κ3) is 4.69. The number of nitrogens with zero attached hydrogens (tertiary/aromatic N) is 2. The van der Waals surface area contributed by atoms with Gasteiger partial charge in [-0.3, -0.25) is 14.6 Å². The Balaban J connectivity index is 1.52. The van der Waals surface area contributed by atoms with E-state index < -0.39 is 0 Å². The van der Waals surface area contributed by atoms with Gasteiger partial charge in [-0.05, 0) is 32.2 Å². The Morgan fingerprint density at radius 3 is 2.58 bits per heavy atom. The number of carbonyl (C=O) groups is 1. The van der Waals surface area contributed by atoms with Crippen molar-refractivity contribution in [2.24, 2.45) is 0 Å². The van der Waals surface area contributed by atoms with Crippen LogP contribution in [0.2, 0.25) is 0 Å². The lowest BCUT2D eigenvalue weighted by Crippen LogP contribution is -2.60. The number of aliphatic hydroxyl groups is 1. The van der Waals surface area contributed by atoms with Gasteiger partial charge in [0.1, 0.15) is 0 Å². The average Bonchev–Trinajstić information content (AvgIpc) is 2.62. The molecule has 0 bridgehead atoms. The molecule has 0 aromatic carbocycles. The lowest BCUT2D eigenvalue weighted by Gasteiger charge is -2.48. The molecule has 2 heterocycles. The van der Waals surface area contributed by atoms with Crippen molar-refractivity contribution in [2.45, 2.75) is 56.6 Å². The number of hydrogen-bond acceptors (Lipinski definition) is 5. The predicted octanol–water partition coefficient (Wildman–Crippen LogP) is 0.594. The molecule has 138 valence electrons. The van der Waals surface area contributed by atoms with Crippen molar-refractivity contribution in [1.82, 2.24) is 15.1 Å². The van der Waals surface area contributed by atoms with Crippen molar-refractivity contribution in [3.8, 4) is 0 Å². The minimum Gasteiger partial charge on any atom is -0.392 e. The topological polar surface area (TPSA) is 65.0 Å².